The molecule has 0 aromatic carbocycles. The zero-order valence-electron chi connectivity index (χ0n) is 7.66. The Morgan fingerprint density at radius 2 is 1.00 bits per heavy atom. The van der Waals surface area contributed by atoms with E-state index in [-0.39, 0.29) is 12.6 Å². The summed E-state index contributed by atoms with van der Waals surface area (Å²) in [5, 5.41) is 0. The quantitative estimate of drug-likeness (QED) is 0.676. The van der Waals surface area contributed by atoms with Gasteiger partial charge in [-0.2, -0.15) is 0 Å². The van der Waals surface area contributed by atoms with E-state index in [0.717, 1.165) is 0 Å². The Balaban J connectivity index is 2.30. The van der Waals surface area contributed by atoms with Crippen LogP contribution in [0.25, 0.3) is 0 Å². The molecule has 1 saturated heterocycles. The van der Waals surface area contributed by atoms with Gasteiger partial charge in [-0.3, -0.25) is 9.80 Å². The first-order valence-electron chi connectivity index (χ1n) is 4.26. The minimum absolute atomic E-state index is 0.0761. The molecule has 0 aromatic rings. The van der Waals surface area contributed by atoms with Gasteiger partial charge in [-0.1, -0.05) is 0 Å². The number of hydrogen-bond acceptors (Lipinski definition) is 6. The predicted molar refractivity (Wildman–Crippen MR) is 49.5 cm³/mol. The second kappa shape index (κ2) is 5.56. The summed E-state index contributed by atoms with van der Waals surface area (Å²) in [4.78, 5) is 3.61. The van der Waals surface area contributed by atoms with Crippen molar-refractivity contribution in [2.75, 3.05) is 38.8 Å². The van der Waals surface area contributed by atoms with Crippen LogP contribution in [0.2, 0.25) is 0 Å². The fourth-order valence-corrected chi connectivity index (χ4v) is 2.62. The van der Waals surface area contributed by atoms with Gasteiger partial charge in [-0.25, -0.2) is 18.3 Å². The van der Waals surface area contributed by atoms with Crippen LogP contribution in [-0.4, -0.2) is 48.6 Å². The largest absolute Gasteiger partial charge is 0.330 e. The van der Waals surface area contributed by atoms with Crippen molar-refractivity contribution in [2.45, 2.75) is 0 Å². The SMILES string of the molecule is O=P(=O)CN1CCN(CP(=O)=O)CC1. The molecule has 1 heterocycles. The molecule has 0 unspecified atom stereocenters. The van der Waals surface area contributed by atoms with Crippen molar-refractivity contribution in [3.63, 3.8) is 0 Å². The maximum absolute atomic E-state index is 10.4. The maximum atomic E-state index is 10.4. The van der Waals surface area contributed by atoms with Gasteiger partial charge in [0.2, 0.25) is 0 Å². The highest BCUT2D eigenvalue weighted by Crippen LogP contribution is 2.13. The zero-order chi connectivity index (χ0) is 10.6. The third kappa shape index (κ3) is 4.29. The lowest BCUT2D eigenvalue weighted by molar-refractivity contribution is 0.163. The van der Waals surface area contributed by atoms with Crippen LogP contribution in [0.15, 0.2) is 0 Å². The number of rotatable bonds is 4. The molecule has 14 heavy (non-hydrogen) atoms. The first-order valence-corrected chi connectivity index (χ1v) is 6.99. The van der Waals surface area contributed by atoms with Gasteiger partial charge in [0.25, 0.3) is 0 Å². The van der Waals surface area contributed by atoms with Crippen molar-refractivity contribution in [1.82, 2.24) is 9.80 Å². The van der Waals surface area contributed by atoms with E-state index in [9.17, 15) is 18.3 Å². The molecule has 1 aliphatic rings. The van der Waals surface area contributed by atoms with E-state index in [1.54, 1.807) is 9.80 Å². The highest BCUT2D eigenvalue weighted by molar-refractivity contribution is 7.30. The van der Waals surface area contributed by atoms with Crippen LogP contribution in [0.4, 0.5) is 0 Å². The first-order chi connectivity index (χ1) is 6.58. The van der Waals surface area contributed by atoms with Crippen molar-refractivity contribution in [1.29, 1.82) is 0 Å². The van der Waals surface area contributed by atoms with Gasteiger partial charge in [0.15, 0.2) is 0 Å². The number of piperazine rings is 1. The molecule has 8 heteroatoms. The molecule has 0 bridgehead atoms. The molecule has 80 valence electrons. The van der Waals surface area contributed by atoms with Crippen molar-refractivity contribution >= 4 is 15.4 Å². The molecule has 1 fully saturated rings. The summed E-state index contributed by atoms with van der Waals surface area (Å²) in [6.07, 6.45) is 0.152. The van der Waals surface area contributed by atoms with E-state index in [4.69, 9.17) is 0 Å². The molecule has 0 atom stereocenters. The average Bonchev–Trinajstić information content (AvgIpc) is 2.06. The molecule has 1 aliphatic heterocycles. The second-order valence-corrected chi connectivity index (χ2v) is 5.08. The lowest BCUT2D eigenvalue weighted by Gasteiger charge is -2.31. The minimum Gasteiger partial charge on any atom is -0.288 e. The van der Waals surface area contributed by atoms with E-state index >= 15 is 0 Å². The van der Waals surface area contributed by atoms with Crippen molar-refractivity contribution in [2.24, 2.45) is 0 Å². The Hall–Kier alpha value is -0.280. The molecule has 0 aromatic heterocycles. The number of nitrogens with zero attached hydrogens (tertiary/aromatic N) is 2. The highest BCUT2D eigenvalue weighted by atomic mass is 31.1. The second-order valence-electron chi connectivity index (χ2n) is 3.18. The molecule has 0 spiro atoms. The summed E-state index contributed by atoms with van der Waals surface area (Å²) in [5.74, 6) is 0. The van der Waals surface area contributed by atoms with E-state index in [1.165, 1.54) is 0 Å². The molecule has 0 radical (unpaired) electrons. The summed E-state index contributed by atoms with van der Waals surface area (Å²) in [7, 11) is -4.73. The van der Waals surface area contributed by atoms with Crippen LogP contribution < -0.4 is 0 Å². The summed E-state index contributed by atoms with van der Waals surface area (Å²) >= 11 is 0. The predicted octanol–water partition coefficient (Wildman–Crippen LogP) is 0.865. The molecule has 0 N–H and O–H groups in total. The molecule has 0 aliphatic carbocycles. The molecule has 1 rings (SSSR count). The maximum Gasteiger partial charge on any atom is 0.330 e. The number of hydrogen-bond donors (Lipinski definition) is 0. The Morgan fingerprint density at radius 3 is 1.21 bits per heavy atom. The van der Waals surface area contributed by atoms with Crippen LogP contribution in [0.5, 0.6) is 0 Å². The Bertz CT molecular complexity index is 270. The zero-order valence-corrected chi connectivity index (χ0v) is 9.45. The summed E-state index contributed by atoms with van der Waals surface area (Å²) in [6.45, 7) is 2.47. The first kappa shape index (κ1) is 11.8. The van der Waals surface area contributed by atoms with Crippen molar-refractivity contribution in [3.05, 3.63) is 0 Å². The summed E-state index contributed by atoms with van der Waals surface area (Å²) in [5.41, 5.74) is 0. The molecular weight excluding hydrogens is 226 g/mol. The molecule has 6 nitrogen and oxygen atoms in total. The highest BCUT2D eigenvalue weighted by Gasteiger charge is 2.18. The van der Waals surface area contributed by atoms with Crippen molar-refractivity contribution < 1.29 is 18.3 Å². The summed E-state index contributed by atoms with van der Waals surface area (Å²) < 4.78 is 41.6. The standard InChI is InChI=1S/C6H12N2O4P2/c9-13(10)5-7-1-2-8(4-3-7)6-14(11)12/h1-6H2. The van der Waals surface area contributed by atoms with E-state index < -0.39 is 15.4 Å². The normalized spacial score (nSPS) is 19.4. The topological polar surface area (TPSA) is 74.8 Å². The van der Waals surface area contributed by atoms with Gasteiger partial charge in [0, 0.05) is 26.2 Å². The van der Waals surface area contributed by atoms with Crippen LogP contribution in [-0.2, 0) is 18.3 Å². The lowest BCUT2D eigenvalue weighted by Crippen LogP contribution is -2.45. The van der Waals surface area contributed by atoms with Crippen LogP contribution in [0.3, 0.4) is 0 Å². The molecular formula is C6H12N2O4P2. The van der Waals surface area contributed by atoms with Gasteiger partial charge in [0.1, 0.15) is 12.6 Å². The smallest absolute Gasteiger partial charge is 0.288 e. The third-order valence-electron chi connectivity index (χ3n) is 2.10. The van der Waals surface area contributed by atoms with Gasteiger partial charge < -0.3 is 0 Å². The molecule has 0 amide bonds. The van der Waals surface area contributed by atoms with E-state index in [1.807, 2.05) is 0 Å². The van der Waals surface area contributed by atoms with E-state index in [2.05, 4.69) is 0 Å². The Labute approximate surface area is 82.9 Å². The van der Waals surface area contributed by atoms with Crippen LogP contribution in [0.1, 0.15) is 0 Å². The van der Waals surface area contributed by atoms with E-state index in [0.29, 0.717) is 26.2 Å². The van der Waals surface area contributed by atoms with Crippen molar-refractivity contribution in [3.8, 4) is 0 Å². The lowest BCUT2D eigenvalue weighted by atomic mass is 10.4. The average molecular weight is 238 g/mol. The monoisotopic (exact) mass is 238 g/mol. The Kier molecular flexibility index (Phi) is 4.69. The van der Waals surface area contributed by atoms with Gasteiger partial charge in [0.05, 0.1) is 0 Å². The van der Waals surface area contributed by atoms with Crippen LogP contribution in [0, 0.1) is 0 Å². The van der Waals surface area contributed by atoms with Gasteiger partial charge >= 0.3 is 15.4 Å². The van der Waals surface area contributed by atoms with Gasteiger partial charge in [-0.15, -0.1) is 0 Å². The van der Waals surface area contributed by atoms with Crippen LogP contribution >= 0.6 is 15.4 Å². The van der Waals surface area contributed by atoms with Gasteiger partial charge in [-0.05, 0) is 0 Å². The minimum atomic E-state index is -2.37. The summed E-state index contributed by atoms with van der Waals surface area (Å²) in [6, 6.07) is 0. The molecule has 0 saturated carbocycles. The fraction of sp³-hybridized carbons (Fsp3) is 1.00. The fourth-order valence-electron chi connectivity index (χ4n) is 1.40. The Morgan fingerprint density at radius 1 is 0.714 bits per heavy atom. The third-order valence-corrected chi connectivity index (χ3v) is 3.36.